The van der Waals surface area contributed by atoms with E-state index in [-0.39, 0.29) is 17.9 Å². The first-order valence-electron chi connectivity index (χ1n) is 8.74. The number of nitro groups is 1. The van der Waals surface area contributed by atoms with Crippen molar-refractivity contribution in [2.45, 2.75) is 32.6 Å². The summed E-state index contributed by atoms with van der Waals surface area (Å²) >= 11 is 0. The molecule has 3 aromatic rings. The second kappa shape index (κ2) is 7.97. The van der Waals surface area contributed by atoms with Gasteiger partial charge in [-0.1, -0.05) is 12.1 Å². The normalized spacial score (nSPS) is 12.6. The van der Waals surface area contributed by atoms with Gasteiger partial charge in [0.1, 0.15) is 17.9 Å². The molecule has 0 radical (unpaired) electrons. The number of aromatic nitrogens is 4. The van der Waals surface area contributed by atoms with E-state index in [0.29, 0.717) is 11.3 Å². The monoisotopic (exact) mass is 422 g/mol. The van der Waals surface area contributed by atoms with Gasteiger partial charge in [-0.3, -0.25) is 24.3 Å². The molecule has 2 aromatic heterocycles. The number of carbonyl (C=O) groups excluding carboxylic acids is 1. The second-order valence-corrected chi connectivity index (χ2v) is 6.61. The number of halogens is 3. The maximum absolute atomic E-state index is 12.8. The van der Waals surface area contributed by atoms with Crippen LogP contribution < -0.4 is 5.32 Å². The van der Waals surface area contributed by atoms with Gasteiger partial charge < -0.3 is 5.32 Å². The summed E-state index contributed by atoms with van der Waals surface area (Å²) in [6, 6.07) is 4.06. The summed E-state index contributed by atoms with van der Waals surface area (Å²) < 4.78 is 41.1. The van der Waals surface area contributed by atoms with Crippen LogP contribution in [0.3, 0.4) is 0 Å². The highest BCUT2D eigenvalue weighted by Crippen LogP contribution is 2.29. The summed E-state index contributed by atoms with van der Waals surface area (Å²) in [6.45, 7) is 3.11. The highest BCUT2D eigenvalue weighted by molar-refractivity contribution is 5.93. The second-order valence-electron chi connectivity index (χ2n) is 6.61. The number of rotatable bonds is 6. The smallest absolute Gasteiger partial charge is 0.322 e. The van der Waals surface area contributed by atoms with E-state index in [1.807, 2.05) is 0 Å². The van der Waals surface area contributed by atoms with E-state index < -0.39 is 28.6 Å². The van der Waals surface area contributed by atoms with Crippen LogP contribution in [0, 0.1) is 17.0 Å². The first-order chi connectivity index (χ1) is 14.1. The molecule has 0 fully saturated rings. The standard InChI is InChI=1S/C18H17F3N6O3/c1-11-16(27(29)30)8-23-26(11)12(2)17(28)24-15-7-22-25(10-15)9-13-4-3-5-14(6-13)18(19,20)21/h3-8,10,12H,9H2,1-2H3,(H,24,28). The summed E-state index contributed by atoms with van der Waals surface area (Å²) in [6.07, 6.45) is -0.527. The minimum Gasteiger partial charge on any atom is -0.322 e. The third-order valence-electron chi connectivity index (χ3n) is 4.46. The minimum atomic E-state index is -4.44. The first-order valence-corrected chi connectivity index (χ1v) is 8.74. The van der Waals surface area contributed by atoms with E-state index >= 15 is 0 Å². The Morgan fingerprint density at radius 3 is 2.67 bits per heavy atom. The van der Waals surface area contributed by atoms with Gasteiger partial charge >= 0.3 is 11.9 Å². The van der Waals surface area contributed by atoms with Crippen LogP contribution in [0.25, 0.3) is 0 Å². The molecular weight excluding hydrogens is 405 g/mol. The lowest BCUT2D eigenvalue weighted by atomic mass is 10.1. The molecule has 0 aliphatic rings. The summed E-state index contributed by atoms with van der Waals surface area (Å²) in [5, 5.41) is 21.5. The van der Waals surface area contributed by atoms with Gasteiger partial charge in [-0.25, -0.2) is 0 Å². The lowest BCUT2D eigenvalue weighted by Crippen LogP contribution is -2.25. The van der Waals surface area contributed by atoms with Crippen molar-refractivity contribution in [2.24, 2.45) is 0 Å². The van der Waals surface area contributed by atoms with E-state index in [4.69, 9.17) is 0 Å². The van der Waals surface area contributed by atoms with Crippen molar-refractivity contribution in [1.82, 2.24) is 19.6 Å². The number of nitrogens with one attached hydrogen (secondary N) is 1. The minimum absolute atomic E-state index is 0.0831. The van der Waals surface area contributed by atoms with Crippen LogP contribution in [0.15, 0.2) is 42.9 Å². The molecule has 1 unspecified atom stereocenters. The molecule has 30 heavy (non-hydrogen) atoms. The predicted octanol–water partition coefficient (Wildman–Crippen LogP) is 3.56. The quantitative estimate of drug-likeness (QED) is 0.483. The Balaban J connectivity index is 1.68. The Morgan fingerprint density at radius 1 is 1.30 bits per heavy atom. The zero-order valence-electron chi connectivity index (χ0n) is 15.9. The Hall–Kier alpha value is -3.70. The number of carbonyl (C=O) groups is 1. The van der Waals surface area contributed by atoms with Gasteiger partial charge in [0.2, 0.25) is 5.91 Å². The van der Waals surface area contributed by atoms with Gasteiger partial charge in [0.05, 0.1) is 28.9 Å². The van der Waals surface area contributed by atoms with Gasteiger partial charge in [-0.2, -0.15) is 23.4 Å². The number of amides is 1. The van der Waals surface area contributed by atoms with E-state index in [2.05, 4.69) is 15.5 Å². The molecule has 0 saturated heterocycles. The molecule has 3 rings (SSSR count). The van der Waals surface area contributed by atoms with Crippen LogP contribution in [0.2, 0.25) is 0 Å². The number of hydrogen-bond acceptors (Lipinski definition) is 5. The molecule has 1 aromatic carbocycles. The molecule has 12 heteroatoms. The van der Waals surface area contributed by atoms with Crippen molar-refractivity contribution in [3.8, 4) is 0 Å². The summed E-state index contributed by atoms with van der Waals surface area (Å²) in [4.78, 5) is 22.8. The summed E-state index contributed by atoms with van der Waals surface area (Å²) in [5.41, 5.74) is 0.0291. The van der Waals surface area contributed by atoms with Gasteiger partial charge in [0.25, 0.3) is 0 Å². The summed E-state index contributed by atoms with van der Waals surface area (Å²) in [7, 11) is 0. The fraction of sp³-hybridized carbons (Fsp3) is 0.278. The maximum atomic E-state index is 12.8. The molecule has 1 N–H and O–H groups in total. The summed E-state index contributed by atoms with van der Waals surface area (Å²) in [5.74, 6) is -0.477. The fourth-order valence-electron chi connectivity index (χ4n) is 2.89. The number of hydrogen-bond donors (Lipinski definition) is 1. The SMILES string of the molecule is Cc1c([N+](=O)[O-])cnn1C(C)C(=O)Nc1cnn(Cc2cccc(C(F)(F)F)c2)c1. The topological polar surface area (TPSA) is 108 Å². The van der Waals surface area contributed by atoms with Crippen molar-refractivity contribution in [2.75, 3.05) is 5.32 Å². The van der Waals surface area contributed by atoms with Crippen molar-refractivity contribution in [3.05, 3.63) is 69.8 Å². The molecular formula is C18H17F3N6O3. The van der Waals surface area contributed by atoms with Crippen LogP contribution in [-0.2, 0) is 17.5 Å². The molecule has 0 saturated carbocycles. The fourth-order valence-corrected chi connectivity index (χ4v) is 2.89. The van der Waals surface area contributed by atoms with Gasteiger partial charge in [-0.05, 0) is 31.5 Å². The number of anilines is 1. The molecule has 0 spiro atoms. The zero-order valence-corrected chi connectivity index (χ0v) is 15.9. The Morgan fingerprint density at radius 2 is 2.03 bits per heavy atom. The molecule has 1 amide bonds. The van der Waals surface area contributed by atoms with Crippen LogP contribution in [0.5, 0.6) is 0 Å². The van der Waals surface area contributed by atoms with Crippen LogP contribution >= 0.6 is 0 Å². The first kappa shape index (κ1) is 21.0. The van der Waals surface area contributed by atoms with E-state index in [0.717, 1.165) is 18.3 Å². The van der Waals surface area contributed by atoms with Crippen molar-refractivity contribution >= 4 is 17.3 Å². The van der Waals surface area contributed by atoms with E-state index in [1.165, 1.54) is 41.7 Å². The molecule has 2 heterocycles. The molecule has 0 aliphatic heterocycles. The Bertz CT molecular complexity index is 1090. The highest BCUT2D eigenvalue weighted by atomic mass is 19.4. The Labute approximate surface area is 168 Å². The Kier molecular flexibility index (Phi) is 5.58. The van der Waals surface area contributed by atoms with Gasteiger partial charge in [0.15, 0.2) is 0 Å². The van der Waals surface area contributed by atoms with Crippen LogP contribution in [-0.4, -0.2) is 30.4 Å². The van der Waals surface area contributed by atoms with Crippen LogP contribution in [0.1, 0.15) is 29.8 Å². The molecule has 9 nitrogen and oxygen atoms in total. The molecule has 158 valence electrons. The average molecular weight is 422 g/mol. The number of benzene rings is 1. The predicted molar refractivity (Wildman–Crippen MR) is 99.7 cm³/mol. The lowest BCUT2D eigenvalue weighted by Gasteiger charge is -2.13. The molecule has 0 bridgehead atoms. The van der Waals surface area contributed by atoms with Gasteiger partial charge in [0, 0.05) is 6.20 Å². The van der Waals surface area contributed by atoms with Crippen molar-refractivity contribution < 1.29 is 22.9 Å². The lowest BCUT2D eigenvalue weighted by molar-refractivity contribution is -0.385. The number of alkyl halides is 3. The largest absolute Gasteiger partial charge is 0.416 e. The zero-order chi connectivity index (χ0) is 22.1. The third-order valence-corrected chi connectivity index (χ3v) is 4.46. The molecule has 0 aliphatic carbocycles. The highest BCUT2D eigenvalue weighted by Gasteiger charge is 2.30. The van der Waals surface area contributed by atoms with Crippen molar-refractivity contribution in [1.29, 1.82) is 0 Å². The van der Waals surface area contributed by atoms with E-state index in [1.54, 1.807) is 6.07 Å². The number of nitrogens with zero attached hydrogens (tertiary/aromatic N) is 5. The van der Waals surface area contributed by atoms with E-state index in [9.17, 15) is 28.1 Å². The van der Waals surface area contributed by atoms with Gasteiger partial charge in [-0.15, -0.1) is 0 Å². The average Bonchev–Trinajstić information content (AvgIpc) is 3.27. The maximum Gasteiger partial charge on any atom is 0.416 e. The third kappa shape index (κ3) is 4.47. The van der Waals surface area contributed by atoms with Crippen molar-refractivity contribution in [3.63, 3.8) is 0 Å². The van der Waals surface area contributed by atoms with Crippen LogP contribution in [0.4, 0.5) is 24.5 Å². The molecule has 1 atom stereocenters.